The van der Waals surface area contributed by atoms with Gasteiger partial charge in [-0.05, 0) is 30.2 Å². The molecule has 0 fully saturated rings. The molecular weight excluding hydrogens is 186 g/mol. The SMILES string of the molecule is CCc1cc(N(O)O)ccc1C(=O)O. The smallest absolute Gasteiger partial charge is 0.335 e. The summed E-state index contributed by atoms with van der Waals surface area (Å²) >= 11 is 0. The summed E-state index contributed by atoms with van der Waals surface area (Å²) in [7, 11) is 0. The van der Waals surface area contributed by atoms with E-state index in [-0.39, 0.29) is 16.5 Å². The molecule has 0 radical (unpaired) electrons. The van der Waals surface area contributed by atoms with Gasteiger partial charge in [-0.1, -0.05) is 6.92 Å². The van der Waals surface area contributed by atoms with Gasteiger partial charge in [0.15, 0.2) is 0 Å². The Labute approximate surface area is 80.7 Å². The van der Waals surface area contributed by atoms with E-state index in [0.717, 1.165) is 0 Å². The van der Waals surface area contributed by atoms with Crippen molar-refractivity contribution in [2.75, 3.05) is 5.23 Å². The first-order chi connectivity index (χ1) is 6.56. The third kappa shape index (κ3) is 2.01. The van der Waals surface area contributed by atoms with E-state index in [0.29, 0.717) is 12.0 Å². The molecule has 0 aromatic heterocycles. The Balaban J connectivity index is 3.18. The predicted molar refractivity (Wildman–Crippen MR) is 48.8 cm³/mol. The fourth-order valence-electron chi connectivity index (χ4n) is 1.21. The second-order valence-corrected chi connectivity index (χ2v) is 2.79. The first kappa shape index (κ1) is 10.5. The molecule has 3 N–H and O–H groups in total. The molecule has 0 aliphatic heterocycles. The predicted octanol–water partition coefficient (Wildman–Crippen LogP) is 1.53. The number of rotatable bonds is 3. The van der Waals surface area contributed by atoms with Crippen LogP contribution in [-0.2, 0) is 6.42 Å². The molecule has 0 aliphatic rings. The second kappa shape index (κ2) is 4.08. The van der Waals surface area contributed by atoms with Gasteiger partial charge in [-0.25, -0.2) is 4.79 Å². The average molecular weight is 197 g/mol. The van der Waals surface area contributed by atoms with Crippen molar-refractivity contribution < 1.29 is 20.3 Å². The Morgan fingerprint density at radius 1 is 1.43 bits per heavy atom. The lowest BCUT2D eigenvalue weighted by molar-refractivity contribution is 0.0290. The minimum absolute atomic E-state index is 0.0369. The van der Waals surface area contributed by atoms with E-state index >= 15 is 0 Å². The van der Waals surface area contributed by atoms with Crippen molar-refractivity contribution in [2.45, 2.75) is 13.3 Å². The van der Waals surface area contributed by atoms with Crippen LogP contribution in [0.3, 0.4) is 0 Å². The van der Waals surface area contributed by atoms with Gasteiger partial charge in [-0.2, -0.15) is 0 Å². The Bertz CT molecular complexity index is 349. The van der Waals surface area contributed by atoms with Crippen molar-refractivity contribution in [3.63, 3.8) is 0 Å². The molecular formula is C9H11NO4. The number of carbonyl (C=O) groups is 1. The van der Waals surface area contributed by atoms with Gasteiger partial charge in [-0.15, -0.1) is 5.23 Å². The summed E-state index contributed by atoms with van der Waals surface area (Å²) in [5.74, 6) is -1.02. The number of nitrogens with zero attached hydrogens (tertiary/aromatic N) is 1. The highest BCUT2D eigenvalue weighted by atomic mass is 16.8. The van der Waals surface area contributed by atoms with E-state index in [2.05, 4.69) is 0 Å². The van der Waals surface area contributed by atoms with E-state index in [1.54, 1.807) is 6.92 Å². The highest BCUT2D eigenvalue weighted by Crippen LogP contribution is 2.18. The van der Waals surface area contributed by atoms with Crippen LogP contribution in [0.15, 0.2) is 18.2 Å². The molecule has 0 unspecified atom stereocenters. The van der Waals surface area contributed by atoms with Crippen LogP contribution in [-0.4, -0.2) is 21.5 Å². The van der Waals surface area contributed by atoms with Crippen LogP contribution in [0.25, 0.3) is 0 Å². The maximum Gasteiger partial charge on any atom is 0.335 e. The minimum Gasteiger partial charge on any atom is -0.478 e. The Kier molecular flexibility index (Phi) is 3.06. The van der Waals surface area contributed by atoms with Gasteiger partial charge in [0.2, 0.25) is 0 Å². The molecule has 0 saturated heterocycles. The average Bonchev–Trinajstić information content (AvgIpc) is 2.16. The van der Waals surface area contributed by atoms with Crippen LogP contribution in [0.2, 0.25) is 0 Å². The molecule has 0 saturated carbocycles. The second-order valence-electron chi connectivity index (χ2n) is 2.79. The number of carboxylic acid groups (broad SMARTS) is 1. The van der Waals surface area contributed by atoms with Crippen molar-refractivity contribution in [1.82, 2.24) is 0 Å². The van der Waals surface area contributed by atoms with Crippen molar-refractivity contribution in [2.24, 2.45) is 0 Å². The molecule has 5 heteroatoms. The number of aromatic carboxylic acids is 1. The summed E-state index contributed by atoms with van der Waals surface area (Å²) in [6.45, 7) is 1.80. The third-order valence-corrected chi connectivity index (χ3v) is 1.93. The molecule has 0 aliphatic carbocycles. The zero-order valence-electron chi connectivity index (χ0n) is 7.64. The lowest BCUT2D eigenvalue weighted by Gasteiger charge is -2.10. The number of benzene rings is 1. The van der Waals surface area contributed by atoms with Crippen molar-refractivity contribution >= 4 is 11.7 Å². The first-order valence-corrected chi connectivity index (χ1v) is 4.10. The van der Waals surface area contributed by atoms with Crippen molar-refractivity contribution in [1.29, 1.82) is 0 Å². The topological polar surface area (TPSA) is 81.0 Å². The lowest BCUT2D eigenvalue weighted by Crippen LogP contribution is -2.12. The molecule has 5 nitrogen and oxygen atoms in total. The van der Waals surface area contributed by atoms with Crippen LogP contribution in [0.1, 0.15) is 22.8 Å². The summed E-state index contributed by atoms with van der Waals surface area (Å²) in [4.78, 5) is 10.7. The van der Waals surface area contributed by atoms with Crippen molar-refractivity contribution in [3.05, 3.63) is 29.3 Å². The van der Waals surface area contributed by atoms with E-state index in [1.807, 2.05) is 0 Å². The van der Waals surface area contributed by atoms with Crippen LogP contribution in [0, 0.1) is 0 Å². The molecule has 76 valence electrons. The first-order valence-electron chi connectivity index (χ1n) is 4.10. The van der Waals surface area contributed by atoms with Gasteiger partial charge in [0.1, 0.15) is 0 Å². The van der Waals surface area contributed by atoms with Crippen LogP contribution >= 0.6 is 0 Å². The van der Waals surface area contributed by atoms with E-state index in [1.165, 1.54) is 18.2 Å². The minimum atomic E-state index is -1.02. The van der Waals surface area contributed by atoms with Gasteiger partial charge >= 0.3 is 5.97 Å². The summed E-state index contributed by atoms with van der Waals surface area (Å²) in [6, 6.07) is 4.09. The Morgan fingerprint density at radius 2 is 2.07 bits per heavy atom. The van der Waals surface area contributed by atoms with Gasteiger partial charge in [0, 0.05) is 0 Å². The standard InChI is InChI=1S/C9H11NO4/c1-2-6-5-7(10(13)14)3-4-8(6)9(11)12/h3-5,13-14H,2H2,1H3,(H,11,12). The Hall–Kier alpha value is -1.59. The van der Waals surface area contributed by atoms with E-state index < -0.39 is 5.97 Å². The van der Waals surface area contributed by atoms with E-state index in [9.17, 15) is 4.79 Å². The van der Waals surface area contributed by atoms with Crippen LogP contribution in [0.5, 0.6) is 0 Å². The number of aryl methyl sites for hydroxylation is 1. The highest BCUT2D eigenvalue weighted by molar-refractivity contribution is 5.90. The molecule has 0 atom stereocenters. The molecule has 1 rings (SSSR count). The number of hydrogen-bond donors (Lipinski definition) is 3. The van der Waals surface area contributed by atoms with Gasteiger partial charge < -0.3 is 5.11 Å². The fraction of sp³-hybridized carbons (Fsp3) is 0.222. The van der Waals surface area contributed by atoms with Gasteiger partial charge in [0.25, 0.3) is 0 Å². The van der Waals surface area contributed by atoms with Crippen molar-refractivity contribution in [3.8, 4) is 0 Å². The molecule has 1 aromatic carbocycles. The van der Waals surface area contributed by atoms with Gasteiger partial charge in [0.05, 0.1) is 11.3 Å². The zero-order chi connectivity index (χ0) is 10.7. The maximum atomic E-state index is 10.7. The maximum absolute atomic E-state index is 10.7. The Morgan fingerprint density at radius 3 is 2.50 bits per heavy atom. The molecule has 0 heterocycles. The van der Waals surface area contributed by atoms with Crippen LogP contribution < -0.4 is 5.23 Å². The fourth-order valence-corrected chi connectivity index (χ4v) is 1.21. The molecule has 0 spiro atoms. The molecule has 0 bridgehead atoms. The summed E-state index contributed by atoms with van der Waals surface area (Å²) in [5.41, 5.74) is 0.882. The number of hydrogen-bond acceptors (Lipinski definition) is 4. The quantitative estimate of drug-likeness (QED) is 0.640. The number of anilines is 1. The largest absolute Gasteiger partial charge is 0.478 e. The van der Waals surface area contributed by atoms with Gasteiger partial charge in [-0.3, -0.25) is 10.4 Å². The molecule has 14 heavy (non-hydrogen) atoms. The molecule has 0 amide bonds. The molecule has 1 aromatic rings. The highest BCUT2D eigenvalue weighted by Gasteiger charge is 2.10. The number of carboxylic acids is 1. The summed E-state index contributed by atoms with van der Waals surface area (Å²) in [6.07, 6.45) is 0.517. The monoisotopic (exact) mass is 197 g/mol. The van der Waals surface area contributed by atoms with Crippen LogP contribution in [0.4, 0.5) is 5.69 Å². The lowest BCUT2D eigenvalue weighted by atomic mass is 10.0. The normalized spacial score (nSPS) is 9.93. The third-order valence-electron chi connectivity index (χ3n) is 1.93. The zero-order valence-corrected chi connectivity index (χ0v) is 7.64. The summed E-state index contributed by atoms with van der Waals surface area (Å²) < 4.78 is 0. The van der Waals surface area contributed by atoms with E-state index in [4.69, 9.17) is 15.5 Å². The summed E-state index contributed by atoms with van der Waals surface area (Å²) in [5, 5.41) is 26.2.